The van der Waals surface area contributed by atoms with E-state index in [0.717, 1.165) is 10.7 Å². The lowest BCUT2D eigenvalue weighted by atomic mass is 10.2. The molecule has 3 nitrogen and oxygen atoms in total. The van der Waals surface area contributed by atoms with Gasteiger partial charge in [-0.25, -0.2) is 4.98 Å². The predicted octanol–water partition coefficient (Wildman–Crippen LogP) is 0.834. The van der Waals surface area contributed by atoms with Gasteiger partial charge in [-0.05, 0) is 13.3 Å². The first-order valence-corrected chi connectivity index (χ1v) is 4.40. The summed E-state index contributed by atoms with van der Waals surface area (Å²) in [6.07, 6.45) is 0.586. The van der Waals surface area contributed by atoms with Gasteiger partial charge >= 0.3 is 0 Å². The maximum Gasteiger partial charge on any atom is 0.0898 e. The van der Waals surface area contributed by atoms with Crippen molar-refractivity contribution in [3.8, 4) is 0 Å². The van der Waals surface area contributed by atoms with Crippen molar-refractivity contribution in [3.63, 3.8) is 0 Å². The van der Waals surface area contributed by atoms with Crippen LogP contribution in [0.25, 0.3) is 0 Å². The van der Waals surface area contributed by atoms with Crippen molar-refractivity contribution in [2.75, 3.05) is 6.61 Å². The van der Waals surface area contributed by atoms with Crippen molar-refractivity contribution in [2.45, 2.75) is 19.4 Å². The van der Waals surface area contributed by atoms with Crippen molar-refractivity contribution < 1.29 is 5.11 Å². The van der Waals surface area contributed by atoms with Crippen LogP contribution < -0.4 is 5.73 Å². The highest BCUT2D eigenvalue weighted by molar-refractivity contribution is 7.09. The quantitative estimate of drug-likeness (QED) is 0.710. The number of aryl methyl sites for hydroxylation is 1. The molecule has 0 unspecified atom stereocenters. The van der Waals surface area contributed by atoms with E-state index in [2.05, 4.69) is 4.98 Å². The molecule has 0 aliphatic carbocycles. The minimum atomic E-state index is -0.107. The molecule has 1 rings (SSSR count). The molecule has 11 heavy (non-hydrogen) atoms. The van der Waals surface area contributed by atoms with Crippen LogP contribution in [0.1, 0.15) is 23.2 Å². The van der Waals surface area contributed by atoms with E-state index in [0.29, 0.717) is 6.42 Å². The minimum absolute atomic E-state index is 0.107. The molecule has 0 bridgehead atoms. The van der Waals surface area contributed by atoms with Crippen molar-refractivity contribution in [3.05, 3.63) is 16.1 Å². The van der Waals surface area contributed by atoms with Gasteiger partial charge in [-0.2, -0.15) is 0 Å². The van der Waals surface area contributed by atoms with Crippen molar-refractivity contribution >= 4 is 11.3 Å². The maximum absolute atomic E-state index is 8.60. The molecule has 0 saturated heterocycles. The van der Waals surface area contributed by atoms with Crippen molar-refractivity contribution in [1.29, 1.82) is 0 Å². The highest BCUT2D eigenvalue weighted by Crippen LogP contribution is 2.16. The van der Waals surface area contributed by atoms with Gasteiger partial charge in [-0.3, -0.25) is 0 Å². The monoisotopic (exact) mass is 172 g/mol. The number of aromatic nitrogens is 1. The number of nitrogens with zero attached hydrogens (tertiary/aromatic N) is 1. The fourth-order valence-electron chi connectivity index (χ4n) is 0.837. The van der Waals surface area contributed by atoms with Crippen LogP contribution in [0.3, 0.4) is 0 Å². The molecule has 4 heteroatoms. The van der Waals surface area contributed by atoms with Crippen LogP contribution in [0.2, 0.25) is 0 Å². The summed E-state index contributed by atoms with van der Waals surface area (Å²) in [6, 6.07) is -0.107. The number of hydrogen-bond acceptors (Lipinski definition) is 4. The van der Waals surface area contributed by atoms with Crippen LogP contribution >= 0.6 is 11.3 Å². The zero-order chi connectivity index (χ0) is 8.27. The fourth-order valence-corrected chi connectivity index (χ4v) is 1.51. The highest BCUT2D eigenvalue weighted by Gasteiger charge is 2.07. The average molecular weight is 172 g/mol. The van der Waals surface area contributed by atoms with E-state index in [1.54, 1.807) is 11.3 Å². The molecule has 3 N–H and O–H groups in total. The Labute approximate surface area is 69.9 Å². The van der Waals surface area contributed by atoms with Gasteiger partial charge in [-0.1, -0.05) is 0 Å². The number of rotatable bonds is 3. The number of thiazole rings is 1. The van der Waals surface area contributed by atoms with Gasteiger partial charge in [0.2, 0.25) is 0 Å². The summed E-state index contributed by atoms with van der Waals surface area (Å²) in [5, 5.41) is 11.6. The number of aliphatic hydroxyl groups excluding tert-OH is 1. The maximum atomic E-state index is 8.60. The molecule has 1 heterocycles. The Hall–Kier alpha value is -0.450. The lowest BCUT2D eigenvalue weighted by Crippen LogP contribution is -2.12. The standard InChI is InChI=1S/C7H12N2OS/c1-5-9-7(4-11-5)6(8)2-3-10/h4,6,10H,2-3,8H2,1H3/t6-/m0/s1. The van der Waals surface area contributed by atoms with Crippen LogP contribution in [0.4, 0.5) is 0 Å². The molecule has 62 valence electrons. The van der Waals surface area contributed by atoms with E-state index in [4.69, 9.17) is 10.8 Å². The Morgan fingerprint density at radius 3 is 3.00 bits per heavy atom. The molecule has 0 aliphatic heterocycles. The molecular formula is C7H12N2OS. The summed E-state index contributed by atoms with van der Waals surface area (Å²) in [4.78, 5) is 4.21. The summed E-state index contributed by atoms with van der Waals surface area (Å²) >= 11 is 1.59. The van der Waals surface area contributed by atoms with Crippen LogP contribution in [0.5, 0.6) is 0 Å². The zero-order valence-corrected chi connectivity index (χ0v) is 7.27. The van der Waals surface area contributed by atoms with Gasteiger partial charge in [0.25, 0.3) is 0 Å². The lowest BCUT2D eigenvalue weighted by Gasteiger charge is -2.04. The third-order valence-corrected chi connectivity index (χ3v) is 2.25. The molecule has 0 amide bonds. The first-order valence-electron chi connectivity index (χ1n) is 3.52. The Kier molecular flexibility index (Phi) is 2.99. The molecule has 1 atom stereocenters. The summed E-state index contributed by atoms with van der Waals surface area (Å²) in [6.45, 7) is 2.07. The second kappa shape index (κ2) is 3.80. The zero-order valence-electron chi connectivity index (χ0n) is 6.45. The molecule has 1 aromatic heterocycles. The number of aliphatic hydroxyl groups is 1. The normalized spacial score (nSPS) is 13.4. The number of hydrogen-bond donors (Lipinski definition) is 2. The third-order valence-electron chi connectivity index (χ3n) is 1.46. The van der Waals surface area contributed by atoms with Crippen LogP contribution in [0.15, 0.2) is 5.38 Å². The van der Waals surface area contributed by atoms with Gasteiger partial charge in [0.1, 0.15) is 0 Å². The smallest absolute Gasteiger partial charge is 0.0898 e. The van der Waals surface area contributed by atoms with Crippen LogP contribution in [-0.4, -0.2) is 16.7 Å². The SMILES string of the molecule is Cc1nc([C@@H](N)CCO)cs1. The predicted molar refractivity (Wildman–Crippen MR) is 45.5 cm³/mol. The molecule has 0 aromatic carbocycles. The summed E-state index contributed by atoms with van der Waals surface area (Å²) in [5.74, 6) is 0. The Morgan fingerprint density at radius 2 is 2.55 bits per heavy atom. The van der Waals surface area contributed by atoms with E-state index in [1.807, 2.05) is 12.3 Å². The third kappa shape index (κ3) is 2.25. The van der Waals surface area contributed by atoms with Crippen molar-refractivity contribution in [2.24, 2.45) is 5.73 Å². The summed E-state index contributed by atoms with van der Waals surface area (Å²) in [7, 11) is 0. The van der Waals surface area contributed by atoms with Crippen molar-refractivity contribution in [1.82, 2.24) is 4.98 Å². The van der Waals surface area contributed by atoms with E-state index in [1.165, 1.54) is 0 Å². The molecule has 0 spiro atoms. The average Bonchev–Trinajstić information content (AvgIpc) is 2.36. The van der Waals surface area contributed by atoms with E-state index in [-0.39, 0.29) is 12.6 Å². The van der Waals surface area contributed by atoms with Crippen LogP contribution in [0, 0.1) is 6.92 Å². The largest absolute Gasteiger partial charge is 0.396 e. The molecule has 1 aromatic rings. The van der Waals surface area contributed by atoms with E-state index in [9.17, 15) is 0 Å². The Balaban J connectivity index is 2.60. The van der Waals surface area contributed by atoms with Gasteiger partial charge in [-0.15, -0.1) is 11.3 Å². The first kappa shape index (κ1) is 8.64. The molecular weight excluding hydrogens is 160 g/mol. The topological polar surface area (TPSA) is 59.1 Å². The van der Waals surface area contributed by atoms with Gasteiger partial charge < -0.3 is 10.8 Å². The van der Waals surface area contributed by atoms with E-state index >= 15 is 0 Å². The molecule has 0 saturated carbocycles. The summed E-state index contributed by atoms with van der Waals surface area (Å²) in [5.41, 5.74) is 6.59. The summed E-state index contributed by atoms with van der Waals surface area (Å²) < 4.78 is 0. The second-order valence-electron chi connectivity index (χ2n) is 2.41. The highest BCUT2D eigenvalue weighted by atomic mass is 32.1. The Morgan fingerprint density at radius 1 is 1.82 bits per heavy atom. The Bertz CT molecular complexity index is 224. The number of nitrogens with two attached hydrogens (primary N) is 1. The van der Waals surface area contributed by atoms with Crippen LogP contribution in [-0.2, 0) is 0 Å². The van der Waals surface area contributed by atoms with Gasteiger partial charge in [0.15, 0.2) is 0 Å². The van der Waals surface area contributed by atoms with Gasteiger partial charge in [0, 0.05) is 12.0 Å². The first-order chi connectivity index (χ1) is 5.24. The molecule has 0 fully saturated rings. The van der Waals surface area contributed by atoms with Gasteiger partial charge in [0.05, 0.1) is 16.7 Å². The minimum Gasteiger partial charge on any atom is -0.396 e. The lowest BCUT2D eigenvalue weighted by molar-refractivity contribution is 0.276. The fraction of sp³-hybridized carbons (Fsp3) is 0.571. The molecule has 0 aliphatic rings. The molecule has 0 radical (unpaired) electrons. The van der Waals surface area contributed by atoms with E-state index < -0.39 is 0 Å². The second-order valence-corrected chi connectivity index (χ2v) is 3.47.